The molecule has 0 spiro atoms. The summed E-state index contributed by atoms with van der Waals surface area (Å²) >= 11 is 0. The van der Waals surface area contributed by atoms with Gasteiger partial charge in [0.2, 0.25) is 5.91 Å². The van der Waals surface area contributed by atoms with E-state index in [2.05, 4.69) is 0 Å². The first kappa shape index (κ1) is 12.6. The van der Waals surface area contributed by atoms with Gasteiger partial charge in [-0.25, -0.2) is 0 Å². The van der Waals surface area contributed by atoms with Crippen molar-refractivity contribution in [2.75, 3.05) is 18.8 Å². The van der Waals surface area contributed by atoms with Gasteiger partial charge in [-0.05, 0) is 32.4 Å². The maximum atomic E-state index is 11.9. The van der Waals surface area contributed by atoms with Crippen LogP contribution in [0.2, 0.25) is 0 Å². The molecule has 0 saturated heterocycles. The standard InChI is InChI=1S/C13H20N2O/c1-4-15(5-2)13(16)9-11-8-10(3)6-7-12(11)14/h6-8H,4-5,9,14H2,1-3H3. The Labute approximate surface area is 97.2 Å². The van der Waals surface area contributed by atoms with Gasteiger partial charge in [0.15, 0.2) is 0 Å². The first-order chi connectivity index (χ1) is 7.58. The zero-order valence-electron chi connectivity index (χ0n) is 10.3. The molecule has 2 N–H and O–H groups in total. The Hall–Kier alpha value is -1.51. The van der Waals surface area contributed by atoms with E-state index < -0.39 is 0 Å². The summed E-state index contributed by atoms with van der Waals surface area (Å²) in [6.07, 6.45) is 0.398. The van der Waals surface area contributed by atoms with Gasteiger partial charge in [-0.1, -0.05) is 17.7 Å². The largest absolute Gasteiger partial charge is 0.398 e. The first-order valence-corrected chi connectivity index (χ1v) is 5.71. The van der Waals surface area contributed by atoms with E-state index in [0.29, 0.717) is 12.1 Å². The molecule has 1 amide bonds. The smallest absolute Gasteiger partial charge is 0.227 e. The third kappa shape index (κ3) is 2.99. The quantitative estimate of drug-likeness (QED) is 0.789. The maximum Gasteiger partial charge on any atom is 0.227 e. The van der Waals surface area contributed by atoms with Gasteiger partial charge in [-0.15, -0.1) is 0 Å². The highest BCUT2D eigenvalue weighted by Gasteiger charge is 2.11. The monoisotopic (exact) mass is 220 g/mol. The van der Waals surface area contributed by atoms with Crippen molar-refractivity contribution in [3.05, 3.63) is 29.3 Å². The number of carbonyl (C=O) groups excluding carboxylic acids is 1. The van der Waals surface area contributed by atoms with Crippen LogP contribution in [0.5, 0.6) is 0 Å². The van der Waals surface area contributed by atoms with Crippen LogP contribution in [0.3, 0.4) is 0 Å². The van der Waals surface area contributed by atoms with E-state index >= 15 is 0 Å². The highest BCUT2D eigenvalue weighted by atomic mass is 16.2. The molecule has 0 heterocycles. The van der Waals surface area contributed by atoms with Crippen molar-refractivity contribution in [1.29, 1.82) is 0 Å². The van der Waals surface area contributed by atoms with Gasteiger partial charge in [0.25, 0.3) is 0 Å². The molecule has 3 heteroatoms. The Morgan fingerprint density at radius 3 is 2.50 bits per heavy atom. The second kappa shape index (κ2) is 5.54. The third-order valence-corrected chi connectivity index (χ3v) is 2.76. The van der Waals surface area contributed by atoms with E-state index in [0.717, 1.165) is 24.2 Å². The lowest BCUT2D eigenvalue weighted by Crippen LogP contribution is -2.31. The van der Waals surface area contributed by atoms with Gasteiger partial charge in [0, 0.05) is 18.8 Å². The molecule has 0 unspecified atom stereocenters. The Kier molecular flexibility index (Phi) is 4.35. The summed E-state index contributed by atoms with van der Waals surface area (Å²) in [4.78, 5) is 13.7. The van der Waals surface area contributed by atoms with Gasteiger partial charge in [0.1, 0.15) is 0 Å². The van der Waals surface area contributed by atoms with E-state index in [4.69, 9.17) is 5.73 Å². The van der Waals surface area contributed by atoms with Crippen LogP contribution in [0, 0.1) is 6.92 Å². The molecule has 0 bridgehead atoms. The minimum atomic E-state index is 0.141. The lowest BCUT2D eigenvalue weighted by molar-refractivity contribution is -0.130. The molecule has 16 heavy (non-hydrogen) atoms. The van der Waals surface area contributed by atoms with Crippen LogP contribution in [-0.2, 0) is 11.2 Å². The van der Waals surface area contributed by atoms with Crippen LogP contribution < -0.4 is 5.73 Å². The number of nitrogens with zero attached hydrogens (tertiary/aromatic N) is 1. The van der Waals surface area contributed by atoms with E-state index in [1.165, 1.54) is 0 Å². The van der Waals surface area contributed by atoms with Gasteiger partial charge in [0.05, 0.1) is 6.42 Å². The van der Waals surface area contributed by atoms with Crippen LogP contribution in [-0.4, -0.2) is 23.9 Å². The van der Waals surface area contributed by atoms with Crippen LogP contribution in [0.25, 0.3) is 0 Å². The van der Waals surface area contributed by atoms with Crippen molar-refractivity contribution in [1.82, 2.24) is 4.90 Å². The molecule has 0 aliphatic heterocycles. The summed E-state index contributed by atoms with van der Waals surface area (Å²) in [5.41, 5.74) is 8.61. The predicted octanol–water partition coefficient (Wildman–Crippen LogP) is 1.99. The number of likely N-dealkylation sites (N-methyl/N-ethyl adjacent to an activating group) is 1. The van der Waals surface area contributed by atoms with Gasteiger partial charge in [-0.2, -0.15) is 0 Å². The number of hydrogen-bond acceptors (Lipinski definition) is 2. The van der Waals surface area contributed by atoms with Crippen LogP contribution in [0.4, 0.5) is 5.69 Å². The summed E-state index contributed by atoms with van der Waals surface area (Å²) in [6.45, 7) is 7.48. The predicted molar refractivity (Wildman–Crippen MR) is 67.2 cm³/mol. The number of aryl methyl sites for hydroxylation is 1. The van der Waals surface area contributed by atoms with Crippen molar-refractivity contribution in [2.45, 2.75) is 27.2 Å². The normalized spacial score (nSPS) is 10.2. The molecule has 1 aromatic carbocycles. The summed E-state index contributed by atoms with van der Waals surface area (Å²) in [7, 11) is 0. The van der Waals surface area contributed by atoms with Crippen molar-refractivity contribution in [3.8, 4) is 0 Å². The Morgan fingerprint density at radius 1 is 1.31 bits per heavy atom. The second-order valence-corrected chi connectivity index (χ2v) is 3.95. The van der Waals surface area contributed by atoms with Gasteiger partial charge >= 0.3 is 0 Å². The summed E-state index contributed by atoms with van der Waals surface area (Å²) in [5.74, 6) is 0.141. The molecule has 0 saturated carbocycles. The summed E-state index contributed by atoms with van der Waals surface area (Å²) < 4.78 is 0. The number of nitrogens with two attached hydrogens (primary N) is 1. The first-order valence-electron chi connectivity index (χ1n) is 5.71. The number of amides is 1. The van der Waals surface area contributed by atoms with Gasteiger partial charge < -0.3 is 10.6 Å². The minimum absolute atomic E-state index is 0.141. The number of nitrogen functional groups attached to an aromatic ring is 1. The molecule has 1 aromatic rings. The lowest BCUT2D eigenvalue weighted by Gasteiger charge is -2.19. The van der Waals surface area contributed by atoms with E-state index in [-0.39, 0.29) is 5.91 Å². The molecule has 0 fully saturated rings. The minimum Gasteiger partial charge on any atom is -0.398 e. The van der Waals surface area contributed by atoms with Crippen LogP contribution >= 0.6 is 0 Å². The van der Waals surface area contributed by atoms with Gasteiger partial charge in [-0.3, -0.25) is 4.79 Å². The Bertz CT molecular complexity index is 370. The molecular formula is C13H20N2O. The highest BCUT2D eigenvalue weighted by molar-refractivity contribution is 5.80. The topological polar surface area (TPSA) is 46.3 Å². The average Bonchev–Trinajstić information content (AvgIpc) is 2.25. The molecular weight excluding hydrogens is 200 g/mol. The van der Waals surface area contributed by atoms with E-state index in [9.17, 15) is 4.79 Å². The molecule has 3 nitrogen and oxygen atoms in total. The van der Waals surface area contributed by atoms with Crippen LogP contribution in [0.1, 0.15) is 25.0 Å². The van der Waals surface area contributed by atoms with E-state index in [1.807, 2.05) is 43.9 Å². The fourth-order valence-electron chi connectivity index (χ4n) is 1.74. The number of carbonyl (C=O) groups is 1. The maximum absolute atomic E-state index is 11.9. The van der Waals surface area contributed by atoms with E-state index in [1.54, 1.807) is 0 Å². The molecule has 0 radical (unpaired) electrons. The van der Waals surface area contributed by atoms with Crippen molar-refractivity contribution in [3.63, 3.8) is 0 Å². The van der Waals surface area contributed by atoms with Crippen molar-refractivity contribution < 1.29 is 4.79 Å². The third-order valence-electron chi connectivity index (χ3n) is 2.76. The van der Waals surface area contributed by atoms with Crippen molar-refractivity contribution >= 4 is 11.6 Å². The number of rotatable bonds is 4. The second-order valence-electron chi connectivity index (χ2n) is 3.95. The van der Waals surface area contributed by atoms with Crippen molar-refractivity contribution in [2.24, 2.45) is 0 Å². The number of benzene rings is 1. The molecule has 1 rings (SSSR count). The highest BCUT2D eigenvalue weighted by Crippen LogP contribution is 2.15. The summed E-state index contributed by atoms with van der Waals surface area (Å²) in [6, 6.07) is 5.80. The van der Waals surface area contributed by atoms with Crippen LogP contribution in [0.15, 0.2) is 18.2 Å². The molecule has 88 valence electrons. The zero-order chi connectivity index (χ0) is 12.1. The number of hydrogen-bond donors (Lipinski definition) is 1. The Morgan fingerprint density at radius 2 is 1.94 bits per heavy atom. The zero-order valence-corrected chi connectivity index (χ0v) is 10.3. The molecule has 0 atom stereocenters. The molecule has 0 aliphatic rings. The Balaban J connectivity index is 2.80. The molecule has 0 aliphatic carbocycles. The molecule has 0 aromatic heterocycles. The summed E-state index contributed by atoms with van der Waals surface area (Å²) in [5, 5.41) is 0. The lowest BCUT2D eigenvalue weighted by atomic mass is 10.1. The number of anilines is 1. The fraction of sp³-hybridized carbons (Fsp3) is 0.462. The SMILES string of the molecule is CCN(CC)C(=O)Cc1cc(C)ccc1N. The fourth-order valence-corrected chi connectivity index (χ4v) is 1.74. The average molecular weight is 220 g/mol.